The molecule has 0 aliphatic carbocycles. The Kier molecular flexibility index (Phi) is 5.07. The van der Waals surface area contributed by atoms with Crippen molar-refractivity contribution in [1.82, 2.24) is 9.55 Å². The number of aromatic nitrogens is 2. The average molecular weight is 353 g/mol. The Morgan fingerprint density at radius 1 is 1.27 bits per heavy atom. The van der Waals surface area contributed by atoms with Gasteiger partial charge in [-0.25, -0.2) is 9.37 Å². The van der Waals surface area contributed by atoms with E-state index in [0.717, 1.165) is 46.4 Å². The zero-order valence-electron chi connectivity index (χ0n) is 15.6. The van der Waals surface area contributed by atoms with Gasteiger partial charge in [-0.15, -0.1) is 0 Å². The summed E-state index contributed by atoms with van der Waals surface area (Å²) in [4.78, 5) is 16.1. The van der Waals surface area contributed by atoms with Crippen molar-refractivity contribution in [2.45, 2.75) is 40.8 Å². The number of benzene rings is 1. The number of rotatable bonds is 6. The molecule has 2 heterocycles. The van der Waals surface area contributed by atoms with Crippen LogP contribution in [0.1, 0.15) is 41.0 Å². The number of aldehydes is 1. The van der Waals surface area contributed by atoms with Gasteiger partial charge in [0.25, 0.3) is 0 Å². The number of halogens is 1. The van der Waals surface area contributed by atoms with Crippen molar-refractivity contribution in [1.29, 1.82) is 0 Å². The van der Waals surface area contributed by atoms with Crippen LogP contribution in [0.2, 0.25) is 0 Å². The van der Waals surface area contributed by atoms with Crippen molar-refractivity contribution in [2.75, 3.05) is 5.32 Å². The van der Waals surface area contributed by atoms with E-state index in [0.29, 0.717) is 18.0 Å². The molecule has 0 unspecified atom stereocenters. The van der Waals surface area contributed by atoms with Gasteiger partial charge in [0.1, 0.15) is 5.82 Å². The lowest BCUT2D eigenvalue weighted by molar-refractivity contribution is 0.112. The Hall–Kier alpha value is -2.69. The quantitative estimate of drug-likeness (QED) is 0.643. The van der Waals surface area contributed by atoms with Crippen LogP contribution in [0, 0.1) is 25.6 Å². The van der Waals surface area contributed by atoms with Gasteiger partial charge in [-0.3, -0.25) is 4.79 Å². The Morgan fingerprint density at radius 3 is 2.69 bits per heavy atom. The van der Waals surface area contributed by atoms with Crippen LogP contribution >= 0.6 is 0 Å². The minimum Gasteiger partial charge on any atom is -0.364 e. The second-order valence-electron chi connectivity index (χ2n) is 7.10. The van der Waals surface area contributed by atoms with Crippen LogP contribution in [-0.2, 0) is 13.1 Å². The second-order valence-corrected chi connectivity index (χ2v) is 7.10. The van der Waals surface area contributed by atoms with Crippen LogP contribution < -0.4 is 5.32 Å². The number of carbonyl (C=O) groups excluding carboxylic acids is 1. The molecular weight excluding hydrogens is 329 g/mol. The first-order valence-electron chi connectivity index (χ1n) is 8.84. The lowest BCUT2D eigenvalue weighted by atomic mass is 10.1. The largest absolute Gasteiger partial charge is 0.364 e. The van der Waals surface area contributed by atoms with Crippen molar-refractivity contribution in [3.63, 3.8) is 0 Å². The van der Waals surface area contributed by atoms with Crippen LogP contribution in [0.25, 0.3) is 10.9 Å². The number of hydrogen-bond acceptors (Lipinski definition) is 3. The SMILES string of the molecule is Cc1cc(F)ccc1CNc1nccc2c(C=O)c(C)n(CC(C)C)c12. The second kappa shape index (κ2) is 7.28. The molecule has 0 saturated carbocycles. The Balaban J connectivity index is 2.04. The molecule has 0 spiro atoms. The highest BCUT2D eigenvalue weighted by atomic mass is 19.1. The lowest BCUT2D eigenvalue weighted by Crippen LogP contribution is -2.09. The summed E-state index contributed by atoms with van der Waals surface area (Å²) in [6.07, 6.45) is 2.64. The van der Waals surface area contributed by atoms with Gasteiger partial charge in [0, 0.05) is 35.9 Å². The number of hydrogen-bond donors (Lipinski definition) is 1. The number of nitrogens with one attached hydrogen (secondary N) is 1. The summed E-state index contributed by atoms with van der Waals surface area (Å²) in [6, 6.07) is 6.67. The van der Waals surface area contributed by atoms with Crippen molar-refractivity contribution in [3.05, 3.63) is 58.7 Å². The van der Waals surface area contributed by atoms with Crippen LogP contribution in [0.4, 0.5) is 10.2 Å². The fraction of sp³-hybridized carbons (Fsp3) is 0.333. The van der Waals surface area contributed by atoms with Crippen LogP contribution in [0.15, 0.2) is 30.5 Å². The molecule has 0 atom stereocenters. The maximum atomic E-state index is 13.3. The van der Waals surface area contributed by atoms with Crippen molar-refractivity contribution in [3.8, 4) is 0 Å². The zero-order chi connectivity index (χ0) is 18.8. The summed E-state index contributed by atoms with van der Waals surface area (Å²) in [6.45, 7) is 9.52. The Morgan fingerprint density at radius 2 is 2.04 bits per heavy atom. The van der Waals surface area contributed by atoms with E-state index in [2.05, 4.69) is 28.7 Å². The molecule has 0 aliphatic heterocycles. The maximum Gasteiger partial charge on any atom is 0.152 e. The predicted octanol–water partition coefficient (Wildman–Crippen LogP) is 4.87. The standard InChI is InChI=1S/C21H24FN3O/c1-13(2)11-25-15(4)19(12-26)18-7-8-23-21(20(18)25)24-10-16-5-6-17(22)9-14(16)3/h5-9,12-13H,10-11H2,1-4H3,(H,23,24). The molecule has 2 aromatic heterocycles. The summed E-state index contributed by atoms with van der Waals surface area (Å²) < 4.78 is 15.5. The van der Waals surface area contributed by atoms with Gasteiger partial charge >= 0.3 is 0 Å². The van der Waals surface area contributed by atoms with E-state index in [1.165, 1.54) is 12.1 Å². The molecule has 3 aromatic rings. The van der Waals surface area contributed by atoms with Gasteiger partial charge in [-0.1, -0.05) is 19.9 Å². The third kappa shape index (κ3) is 3.34. The lowest BCUT2D eigenvalue weighted by Gasteiger charge is -2.14. The number of fused-ring (bicyclic) bond motifs is 1. The van der Waals surface area contributed by atoms with Gasteiger partial charge < -0.3 is 9.88 Å². The van der Waals surface area contributed by atoms with Crippen molar-refractivity contribution in [2.24, 2.45) is 5.92 Å². The van der Waals surface area contributed by atoms with Crippen LogP contribution in [-0.4, -0.2) is 15.8 Å². The number of aryl methyl sites for hydroxylation is 1. The highest BCUT2D eigenvalue weighted by molar-refractivity contribution is 6.03. The third-order valence-electron chi connectivity index (χ3n) is 4.70. The molecule has 1 N–H and O–H groups in total. The van der Waals surface area contributed by atoms with Gasteiger partial charge in [0.2, 0.25) is 0 Å². The molecule has 136 valence electrons. The topological polar surface area (TPSA) is 46.9 Å². The fourth-order valence-corrected chi connectivity index (χ4v) is 3.36. The molecule has 0 amide bonds. The first-order valence-corrected chi connectivity index (χ1v) is 8.84. The maximum absolute atomic E-state index is 13.3. The van der Waals surface area contributed by atoms with E-state index >= 15 is 0 Å². The van der Waals surface area contributed by atoms with E-state index in [9.17, 15) is 9.18 Å². The molecule has 0 aliphatic rings. The fourth-order valence-electron chi connectivity index (χ4n) is 3.36. The predicted molar refractivity (Wildman–Crippen MR) is 103 cm³/mol. The van der Waals surface area contributed by atoms with Gasteiger partial charge in [-0.2, -0.15) is 0 Å². The molecule has 5 heteroatoms. The molecule has 0 saturated heterocycles. The van der Waals surface area contributed by atoms with E-state index in [1.807, 2.05) is 19.9 Å². The van der Waals surface area contributed by atoms with E-state index in [4.69, 9.17) is 0 Å². The molecule has 0 fully saturated rings. The average Bonchev–Trinajstić information content (AvgIpc) is 2.85. The van der Waals surface area contributed by atoms with Gasteiger partial charge in [0.15, 0.2) is 12.1 Å². The molecule has 4 nitrogen and oxygen atoms in total. The van der Waals surface area contributed by atoms with Crippen LogP contribution in [0.3, 0.4) is 0 Å². The van der Waals surface area contributed by atoms with E-state index in [-0.39, 0.29) is 5.82 Å². The third-order valence-corrected chi connectivity index (χ3v) is 4.70. The minimum absolute atomic E-state index is 0.233. The van der Waals surface area contributed by atoms with Crippen molar-refractivity contribution >= 4 is 23.0 Å². The Bertz CT molecular complexity index is 960. The molecule has 0 radical (unpaired) electrons. The number of carbonyl (C=O) groups is 1. The molecule has 26 heavy (non-hydrogen) atoms. The van der Waals surface area contributed by atoms with E-state index < -0.39 is 0 Å². The summed E-state index contributed by atoms with van der Waals surface area (Å²) in [7, 11) is 0. The monoisotopic (exact) mass is 353 g/mol. The Labute approximate surface area is 153 Å². The molecule has 0 bridgehead atoms. The summed E-state index contributed by atoms with van der Waals surface area (Å²) >= 11 is 0. The van der Waals surface area contributed by atoms with Gasteiger partial charge in [0.05, 0.1) is 5.52 Å². The highest BCUT2D eigenvalue weighted by Crippen LogP contribution is 2.30. The van der Waals surface area contributed by atoms with E-state index in [1.54, 1.807) is 12.3 Å². The summed E-state index contributed by atoms with van der Waals surface area (Å²) in [5.74, 6) is 0.947. The van der Waals surface area contributed by atoms with Crippen LogP contribution in [0.5, 0.6) is 0 Å². The summed E-state index contributed by atoms with van der Waals surface area (Å²) in [5, 5.41) is 4.28. The molecule has 3 rings (SSSR count). The molecular formula is C21H24FN3O. The molecule has 1 aromatic carbocycles. The van der Waals surface area contributed by atoms with Crippen molar-refractivity contribution < 1.29 is 9.18 Å². The smallest absolute Gasteiger partial charge is 0.152 e. The zero-order valence-corrected chi connectivity index (χ0v) is 15.6. The normalized spacial score (nSPS) is 11.3. The number of nitrogens with zero attached hydrogens (tertiary/aromatic N) is 2. The minimum atomic E-state index is -0.233. The summed E-state index contributed by atoms with van der Waals surface area (Å²) in [5.41, 5.74) is 4.52. The van der Waals surface area contributed by atoms with Gasteiger partial charge in [-0.05, 0) is 49.1 Å². The highest BCUT2D eigenvalue weighted by Gasteiger charge is 2.18. The number of anilines is 1. The first kappa shape index (κ1) is 18.1. The number of pyridine rings is 1. The first-order chi connectivity index (χ1) is 12.4.